The lowest BCUT2D eigenvalue weighted by molar-refractivity contribution is -0.143. The lowest BCUT2D eigenvalue weighted by Crippen LogP contribution is -2.52. The predicted molar refractivity (Wildman–Crippen MR) is 133 cm³/mol. The molecule has 4 unspecified atom stereocenters. The first-order valence-corrected chi connectivity index (χ1v) is 13.9. The monoisotopic (exact) mass is 442 g/mol. The van der Waals surface area contributed by atoms with Gasteiger partial charge in [0.2, 0.25) is 0 Å². The van der Waals surface area contributed by atoms with E-state index in [4.69, 9.17) is 4.74 Å². The second-order valence-electron chi connectivity index (χ2n) is 13.2. The Morgan fingerprint density at radius 3 is 2.41 bits per heavy atom. The van der Waals surface area contributed by atoms with Crippen molar-refractivity contribution in [3.63, 3.8) is 0 Å². The highest BCUT2D eigenvalue weighted by Crippen LogP contribution is 2.67. The topological polar surface area (TPSA) is 26.3 Å². The molecule has 2 heteroatoms. The summed E-state index contributed by atoms with van der Waals surface area (Å²) in [5.74, 6) is 6.32. The molecule has 3 fully saturated rings. The van der Waals surface area contributed by atoms with Gasteiger partial charge in [0.1, 0.15) is 0 Å². The third-order valence-electron chi connectivity index (χ3n) is 11.2. The normalized spacial score (nSPS) is 44.0. The predicted octanol–water partition coefficient (Wildman–Crippen LogP) is 8.06. The summed E-state index contributed by atoms with van der Waals surface area (Å²) < 4.78 is 4.97. The lowest BCUT2D eigenvalue weighted by atomic mass is 9.45. The first kappa shape index (κ1) is 24.3. The average Bonchev–Trinajstić information content (AvgIpc) is 3.11. The van der Waals surface area contributed by atoms with Gasteiger partial charge in [0.15, 0.2) is 0 Å². The molecule has 0 radical (unpaired) electrons. The zero-order valence-corrected chi connectivity index (χ0v) is 21.9. The Morgan fingerprint density at radius 2 is 1.69 bits per heavy atom. The zero-order valence-electron chi connectivity index (χ0n) is 21.9. The maximum Gasteiger partial charge on any atom is 0.305 e. The molecule has 0 aromatic carbocycles. The second kappa shape index (κ2) is 9.46. The minimum absolute atomic E-state index is 0.0239. The van der Waals surface area contributed by atoms with Crippen LogP contribution in [0.25, 0.3) is 0 Å². The maximum atomic E-state index is 11.9. The van der Waals surface area contributed by atoms with Crippen LogP contribution in [0.3, 0.4) is 0 Å². The van der Waals surface area contributed by atoms with Crippen molar-refractivity contribution >= 4 is 5.97 Å². The van der Waals surface area contributed by atoms with Crippen LogP contribution < -0.4 is 0 Å². The highest BCUT2D eigenvalue weighted by Gasteiger charge is 2.59. The van der Waals surface area contributed by atoms with E-state index in [1.807, 2.05) is 0 Å². The van der Waals surface area contributed by atoms with Crippen molar-refractivity contribution in [2.45, 2.75) is 105 Å². The van der Waals surface area contributed by atoms with E-state index in [0.29, 0.717) is 29.1 Å². The van der Waals surface area contributed by atoms with Crippen LogP contribution in [0.4, 0.5) is 0 Å². The lowest BCUT2D eigenvalue weighted by Gasteiger charge is -2.59. The molecule has 4 rings (SSSR count). The van der Waals surface area contributed by atoms with E-state index in [2.05, 4.69) is 46.8 Å². The summed E-state index contributed by atoms with van der Waals surface area (Å²) in [5, 5.41) is 0. The molecule has 0 amide bonds. The fourth-order valence-corrected chi connectivity index (χ4v) is 9.23. The first-order chi connectivity index (χ1) is 15.2. The van der Waals surface area contributed by atoms with Gasteiger partial charge in [0.25, 0.3) is 0 Å². The number of hydrogen-bond donors (Lipinski definition) is 0. The van der Waals surface area contributed by atoms with Crippen LogP contribution in [0.15, 0.2) is 12.2 Å². The molecular formula is C30H50O2. The minimum atomic E-state index is -0.0239. The van der Waals surface area contributed by atoms with Gasteiger partial charge in [-0.25, -0.2) is 0 Å². The van der Waals surface area contributed by atoms with E-state index in [-0.39, 0.29) is 5.97 Å². The summed E-state index contributed by atoms with van der Waals surface area (Å²) in [6.45, 7) is 12.6. The van der Waals surface area contributed by atoms with Crippen molar-refractivity contribution < 1.29 is 9.53 Å². The Kier molecular flexibility index (Phi) is 7.19. The Morgan fingerprint density at radius 1 is 0.969 bits per heavy atom. The molecule has 0 spiro atoms. The number of allylic oxidation sites excluding steroid dienone is 2. The summed E-state index contributed by atoms with van der Waals surface area (Å²) in [5.41, 5.74) is 0.988. The van der Waals surface area contributed by atoms with Crippen LogP contribution >= 0.6 is 0 Å². The van der Waals surface area contributed by atoms with E-state index in [1.54, 1.807) is 0 Å². The summed E-state index contributed by atoms with van der Waals surface area (Å²) in [7, 11) is 1.53. The van der Waals surface area contributed by atoms with Crippen molar-refractivity contribution in [2.75, 3.05) is 7.11 Å². The number of esters is 1. The fraction of sp³-hybridized carbons (Fsp3) is 0.900. The highest BCUT2D eigenvalue weighted by atomic mass is 16.5. The first-order valence-electron chi connectivity index (χ1n) is 13.9. The number of rotatable bonds is 7. The molecule has 0 aromatic heterocycles. The summed E-state index contributed by atoms with van der Waals surface area (Å²) >= 11 is 0. The van der Waals surface area contributed by atoms with Crippen molar-refractivity contribution in [1.29, 1.82) is 0 Å². The molecule has 4 aliphatic rings. The van der Waals surface area contributed by atoms with Crippen molar-refractivity contribution in [2.24, 2.45) is 58.2 Å². The molecule has 0 saturated heterocycles. The standard InChI is InChI=1S/C30H50O2/c1-20(2)8-7-9-21(3)25-12-13-26-24-11-10-23-18-22(19-28(31)32-6)14-16-29(23,4)27(24)15-17-30(25,26)5/h10-11,20-27H,7-9,12-19H2,1-6H3/t21?,22?,23?,24?,25-,26+,27+,29+,30-/m0/s1. The Bertz CT molecular complexity index is 695. The van der Waals surface area contributed by atoms with Gasteiger partial charge in [-0.3, -0.25) is 4.79 Å². The molecule has 3 saturated carbocycles. The third-order valence-corrected chi connectivity index (χ3v) is 11.2. The molecule has 32 heavy (non-hydrogen) atoms. The molecule has 0 bridgehead atoms. The molecule has 9 atom stereocenters. The Balaban J connectivity index is 1.45. The quantitative estimate of drug-likeness (QED) is 0.294. The number of fused-ring (bicyclic) bond motifs is 5. The van der Waals surface area contributed by atoms with Gasteiger partial charge in [-0.2, -0.15) is 0 Å². The minimum Gasteiger partial charge on any atom is -0.469 e. The smallest absolute Gasteiger partial charge is 0.305 e. The number of carbonyl (C=O) groups excluding carboxylic acids is 1. The van der Waals surface area contributed by atoms with Gasteiger partial charge in [0.05, 0.1) is 7.11 Å². The number of hydrogen-bond acceptors (Lipinski definition) is 2. The van der Waals surface area contributed by atoms with Gasteiger partial charge < -0.3 is 4.74 Å². The van der Waals surface area contributed by atoms with Crippen molar-refractivity contribution in [3.05, 3.63) is 12.2 Å². The molecule has 182 valence electrons. The van der Waals surface area contributed by atoms with Crippen LogP contribution in [0, 0.1) is 58.2 Å². The number of carbonyl (C=O) groups is 1. The molecule has 2 nitrogen and oxygen atoms in total. The largest absolute Gasteiger partial charge is 0.469 e. The maximum absolute atomic E-state index is 11.9. The summed E-state index contributed by atoms with van der Waals surface area (Å²) in [6.07, 6.45) is 19.6. The van der Waals surface area contributed by atoms with Crippen molar-refractivity contribution in [1.82, 2.24) is 0 Å². The number of ether oxygens (including phenoxy) is 1. The average molecular weight is 443 g/mol. The van der Waals surface area contributed by atoms with E-state index in [1.165, 1.54) is 71.3 Å². The zero-order chi connectivity index (χ0) is 23.1. The third kappa shape index (κ3) is 4.34. The van der Waals surface area contributed by atoms with Gasteiger partial charge >= 0.3 is 5.97 Å². The second-order valence-corrected chi connectivity index (χ2v) is 13.2. The molecule has 0 heterocycles. The Hall–Kier alpha value is -0.790. The fourth-order valence-electron chi connectivity index (χ4n) is 9.23. The van der Waals surface area contributed by atoms with Crippen molar-refractivity contribution in [3.8, 4) is 0 Å². The SMILES string of the molecule is COC(=O)CC1CC[C@]2(C)C(C=CC3[C@H]4CC[C@@H](C(C)CCCC(C)C)[C@]4(C)CC[C@H]32)C1. The van der Waals surface area contributed by atoms with Gasteiger partial charge in [-0.05, 0) is 103 Å². The molecule has 0 aromatic rings. The van der Waals surface area contributed by atoms with E-state index in [0.717, 1.165) is 35.5 Å². The van der Waals surface area contributed by atoms with Crippen LogP contribution in [0.1, 0.15) is 105 Å². The summed E-state index contributed by atoms with van der Waals surface area (Å²) in [6, 6.07) is 0. The molecular weight excluding hydrogens is 392 g/mol. The number of methoxy groups -OCH3 is 1. The molecule has 4 aliphatic carbocycles. The van der Waals surface area contributed by atoms with Gasteiger partial charge in [-0.15, -0.1) is 0 Å². The summed E-state index contributed by atoms with van der Waals surface area (Å²) in [4.78, 5) is 11.9. The molecule has 0 aliphatic heterocycles. The van der Waals surface area contributed by atoms with E-state index >= 15 is 0 Å². The van der Waals surface area contributed by atoms with E-state index < -0.39 is 0 Å². The van der Waals surface area contributed by atoms with Crippen LogP contribution in [0.2, 0.25) is 0 Å². The van der Waals surface area contributed by atoms with Crippen LogP contribution in [-0.2, 0) is 9.53 Å². The van der Waals surface area contributed by atoms with Crippen LogP contribution in [-0.4, -0.2) is 13.1 Å². The van der Waals surface area contributed by atoms with E-state index in [9.17, 15) is 4.79 Å². The van der Waals surface area contributed by atoms with Gasteiger partial charge in [0, 0.05) is 6.42 Å². The van der Waals surface area contributed by atoms with Gasteiger partial charge in [-0.1, -0.05) is 66.0 Å². The Labute approximate surface area is 198 Å². The molecule has 0 N–H and O–H groups in total. The highest BCUT2D eigenvalue weighted by molar-refractivity contribution is 5.69. The van der Waals surface area contributed by atoms with Crippen LogP contribution in [0.5, 0.6) is 0 Å².